The molecule has 1 unspecified atom stereocenters. The van der Waals surface area contributed by atoms with Gasteiger partial charge >= 0.3 is 0 Å². The van der Waals surface area contributed by atoms with Crippen molar-refractivity contribution in [3.8, 4) is 17.2 Å². The van der Waals surface area contributed by atoms with E-state index in [1.165, 1.54) is 0 Å². The van der Waals surface area contributed by atoms with Gasteiger partial charge in [0.2, 0.25) is 0 Å². The maximum Gasteiger partial charge on any atom is 0.130 e. The van der Waals surface area contributed by atoms with E-state index in [0.717, 1.165) is 42.3 Å². The third-order valence-electron chi connectivity index (χ3n) is 3.04. The first-order chi connectivity index (χ1) is 10.2. The van der Waals surface area contributed by atoms with E-state index in [1.54, 1.807) is 0 Å². The molecule has 3 nitrogen and oxygen atoms in total. The maximum absolute atomic E-state index is 5.96. The summed E-state index contributed by atoms with van der Waals surface area (Å²) in [5.74, 6) is 2.53. The Morgan fingerprint density at radius 2 is 1.67 bits per heavy atom. The van der Waals surface area contributed by atoms with Crippen LogP contribution in [0.5, 0.6) is 17.2 Å². The van der Waals surface area contributed by atoms with Crippen molar-refractivity contribution in [3.05, 3.63) is 54.1 Å². The van der Waals surface area contributed by atoms with Crippen LogP contribution in [0, 0.1) is 0 Å². The van der Waals surface area contributed by atoms with Crippen LogP contribution in [0.15, 0.2) is 48.5 Å². The Morgan fingerprint density at radius 3 is 2.33 bits per heavy atom. The van der Waals surface area contributed by atoms with Gasteiger partial charge in [-0.3, -0.25) is 0 Å². The first-order valence-electron chi connectivity index (χ1n) is 7.43. The Kier molecular flexibility index (Phi) is 5.64. The molecule has 0 aliphatic heterocycles. The van der Waals surface area contributed by atoms with Crippen LogP contribution >= 0.6 is 0 Å². The van der Waals surface area contributed by atoms with Gasteiger partial charge < -0.3 is 15.2 Å². The van der Waals surface area contributed by atoms with E-state index in [2.05, 4.69) is 13.0 Å². The molecule has 0 saturated heterocycles. The lowest BCUT2D eigenvalue weighted by Gasteiger charge is -2.13. The fourth-order valence-corrected chi connectivity index (χ4v) is 2.07. The van der Waals surface area contributed by atoms with Gasteiger partial charge in [0.1, 0.15) is 17.2 Å². The molecule has 2 rings (SSSR count). The number of ether oxygens (including phenoxy) is 2. The Morgan fingerprint density at radius 1 is 1.00 bits per heavy atom. The first kappa shape index (κ1) is 15.4. The highest BCUT2D eigenvalue weighted by atomic mass is 16.5. The van der Waals surface area contributed by atoms with Crippen LogP contribution in [0.2, 0.25) is 0 Å². The minimum atomic E-state index is 0.111. The minimum absolute atomic E-state index is 0.111. The summed E-state index contributed by atoms with van der Waals surface area (Å²) in [6, 6.07) is 15.8. The third kappa shape index (κ3) is 4.80. The van der Waals surface area contributed by atoms with Crippen molar-refractivity contribution in [1.29, 1.82) is 0 Å². The summed E-state index contributed by atoms with van der Waals surface area (Å²) in [6.45, 7) is 4.82. The molecule has 2 N–H and O–H groups in total. The number of hydrogen-bond acceptors (Lipinski definition) is 3. The lowest BCUT2D eigenvalue weighted by molar-refractivity contribution is 0.317. The molecule has 0 heterocycles. The molecule has 0 saturated carbocycles. The topological polar surface area (TPSA) is 44.5 Å². The van der Waals surface area contributed by atoms with Crippen molar-refractivity contribution in [2.75, 3.05) is 6.61 Å². The minimum Gasteiger partial charge on any atom is -0.494 e. The summed E-state index contributed by atoms with van der Waals surface area (Å²) < 4.78 is 11.5. The molecule has 3 heteroatoms. The van der Waals surface area contributed by atoms with Gasteiger partial charge in [0, 0.05) is 6.04 Å². The second-order valence-electron chi connectivity index (χ2n) is 5.21. The Hall–Kier alpha value is -2.00. The van der Waals surface area contributed by atoms with Crippen molar-refractivity contribution in [2.45, 2.75) is 32.7 Å². The molecule has 0 amide bonds. The average Bonchev–Trinajstić information content (AvgIpc) is 2.48. The molecule has 1 atom stereocenters. The van der Waals surface area contributed by atoms with Crippen LogP contribution < -0.4 is 15.2 Å². The summed E-state index contributed by atoms with van der Waals surface area (Å²) in [5, 5.41) is 0. The maximum atomic E-state index is 5.96. The van der Waals surface area contributed by atoms with E-state index in [-0.39, 0.29) is 6.04 Å². The summed E-state index contributed by atoms with van der Waals surface area (Å²) in [7, 11) is 0. The predicted octanol–water partition coefficient (Wildman–Crippen LogP) is 4.16. The fourth-order valence-electron chi connectivity index (χ4n) is 2.07. The average molecular weight is 285 g/mol. The molecular weight excluding hydrogens is 262 g/mol. The van der Waals surface area contributed by atoms with Crippen LogP contribution in [0.25, 0.3) is 0 Å². The second-order valence-corrected chi connectivity index (χ2v) is 5.21. The zero-order chi connectivity index (χ0) is 15.1. The standard InChI is InChI=1S/C18H23NO2/c1-3-12-20-16-8-10-17(11-9-16)21-18-7-5-4-6-15(18)13-14(2)19/h4-11,14H,3,12-13,19H2,1-2H3. The number of para-hydroxylation sites is 1. The van der Waals surface area contributed by atoms with E-state index < -0.39 is 0 Å². The monoisotopic (exact) mass is 285 g/mol. The molecule has 0 fully saturated rings. The number of nitrogens with two attached hydrogens (primary N) is 1. The van der Waals surface area contributed by atoms with Gasteiger partial charge in [-0.2, -0.15) is 0 Å². The van der Waals surface area contributed by atoms with E-state index in [9.17, 15) is 0 Å². The molecule has 0 aliphatic carbocycles. The molecule has 0 radical (unpaired) electrons. The summed E-state index contributed by atoms with van der Waals surface area (Å²) in [6.07, 6.45) is 1.80. The lowest BCUT2D eigenvalue weighted by atomic mass is 10.1. The molecule has 0 aromatic heterocycles. The normalized spacial score (nSPS) is 12.0. The van der Waals surface area contributed by atoms with E-state index in [0.29, 0.717) is 0 Å². The first-order valence-corrected chi connectivity index (χ1v) is 7.43. The summed E-state index contributed by atoms with van der Waals surface area (Å²) in [4.78, 5) is 0. The van der Waals surface area contributed by atoms with E-state index >= 15 is 0 Å². The molecule has 2 aromatic carbocycles. The third-order valence-corrected chi connectivity index (χ3v) is 3.04. The van der Waals surface area contributed by atoms with Crippen LogP contribution in [0.3, 0.4) is 0 Å². The van der Waals surface area contributed by atoms with Crippen LogP contribution in [0.1, 0.15) is 25.8 Å². The zero-order valence-electron chi connectivity index (χ0n) is 12.7. The second kappa shape index (κ2) is 7.70. The Balaban J connectivity index is 2.07. The van der Waals surface area contributed by atoms with Crippen molar-refractivity contribution in [3.63, 3.8) is 0 Å². The predicted molar refractivity (Wildman–Crippen MR) is 86.1 cm³/mol. The smallest absolute Gasteiger partial charge is 0.130 e. The highest BCUT2D eigenvalue weighted by molar-refractivity contribution is 5.39. The Bertz CT molecular complexity index is 549. The molecule has 0 spiro atoms. The van der Waals surface area contributed by atoms with Crippen molar-refractivity contribution >= 4 is 0 Å². The molecule has 112 valence electrons. The fraction of sp³-hybridized carbons (Fsp3) is 0.333. The quantitative estimate of drug-likeness (QED) is 0.831. The summed E-state index contributed by atoms with van der Waals surface area (Å²) >= 11 is 0. The highest BCUT2D eigenvalue weighted by Crippen LogP contribution is 2.27. The SMILES string of the molecule is CCCOc1ccc(Oc2ccccc2CC(C)N)cc1. The molecule has 0 aliphatic rings. The van der Waals surface area contributed by atoms with E-state index in [1.807, 2.05) is 49.4 Å². The molecule has 0 bridgehead atoms. The zero-order valence-corrected chi connectivity index (χ0v) is 12.7. The van der Waals surface area contributed by atoms with Crippen molar-refractivity contribution in [2.24, 2.45) is 5.73 Å². The van der Waals surface area contributed by atoms with Crippen molar-refractivity contribution < 1.29 is 9.47 Å². The van der Waals surface area contributed by atoms with Gasteiger partial charge in [-0.15, -0.1) is 0 Å². The van der Waals surface area contributed by atoms with Gasteiger partial charge in [0.05, 0.1) is 6.61 Å². The molecular formula is C18H23NO2. The number of rotatable bonds is 7. The van der Waals surface area contributed by atoms with Gasteiger partial charge in [-0.05, 0) is 55.7 Å². The van der Waals surface area contributed by atoms with Crippen LogP contribution in [0.4, 0.5) is 0 Å². The summed E-state index contributed by atoms with van der Waals surface area (Å²) in [5.41, 5.74) is 7.00. The largest absolute Gasteiger partial charge is 0.494 e. The molecule has 2 aromatic rings. The van der Waals surface area contributed by atoms with Gasteiger partial charge in [0.25, 0.3) is 0 Å². The van der Waals surface area contributed by atoms with Gasteiger partial charge in [-0.25, -0.2) is 0 Å². The van der Waals surface area contributed by atoms with Crippen LogP contribution in [-0.2, 0) is 6.42 Å². The number of benzene rings is 2. The Labute approximate surface area is 126 Å². The van der Waals surface area contributed by atoms with Crippen molar-refractivity contribution in [1.82, 2.24) is 0 Å². The van der Waals surface area contributed by atoms with Gasteiger partial charge in [0.15, 0.2) is 0 Å². The van der Waals surface area contributed by atoms with Gasteiger partial charge in [-0.1, -0.05) is 25.1 Å². The number of hydrogen-bond donors (Lipinski definition) is 1. The highest BCUT2D eigenvalue weighted by Gasteiger charge is 2.06. The van der Waals surface area contributed by atoms with Crippen LogP contribution in [-0.4, -0.2) is 12.6 Å². The molecule has 21 heavy (non-hydrogen) atoms. The lowest BCUT2D eigenvalue weighted by Crippen LogP contribution is -2.18. The van der Waals surface area contributed by atoms with E-state index in [4.69, 9.17) is 15.2 Å².